The molecular formula is C12H20N4O4. The molecule has 1 fully saturated rings. The van der Waals surface area contributed by atoms with Gasteiger partial charge < -0.3 is 14.2 Å². The summed E-state index contributed by atoms with van der Waals surface area (Å²) in [5.74, 6) is -0.491. The number of carbonyl (C=O) groups is 1. The van der Waals surface area contributed by atoms with Crippen molar-refractivity contribution in [1.82, 2.24) is 19.9 Å². The number of ether oxygens (including phenoxy) is 3. The van der Waals surface area contributed by atoms with Gasteiger partial charge in [-0.2, -0.15) is 0 Å². The Bertz CT molecular complexity index is 443. The summed E-state index contributed by atoms with van der Waals surface area (Å²) in [6, 6.07) is 0. The molecule has 1 aliphatic rings. The van der Waals surface area contributed by atoms with E-state index in [1.165, 1.54) is 7.11 Å². The molecule has 0 spiro atoms. The van der Waals surface area contributed by atoms with Crippen LogP contribution in [0.3, 0.4) is 0 Å². The van der Waals surface area contributed by atoms with Crippen LogP contribution in [0.4, 0.5) is 0 Å². The Morgan fingerprint density at radius 2 is 2.05 bits per heavy atom. The molecule has 2 rings (SSSR count). The Hall–Kier alpha value is -1.51. The minimum atomic E-state index is -0.491. The molecule has 0 saturated carbocycles. The second kappa shape index (κ2) is 7.32. The zero-order valence-electron chi connectivity index (χ0n) is 11.9. The maximum atomic E-state index is 11.6. The van der Waals surface area contributed by atoms with Crippen molar-refractivity contribution in [2.45, 2.75) is 13.2 Å². The summed E-state index contributed by atoms with van der Waals surface area (Å²) in [6.07, 6.45) is 0. The van der Waals surface area contributed by atoms with Gasteiger partial charge in [-0.25, -0.2) is 9.48 Å². The van der Waals surface area contributed by atoms with Gasteiger partial charge in [0.2, 0.25) is 0 Å². The summed E-state index contributed by atoms with van der Waals surface area (Å²) in [4.78, 5) is 13.9. The summed E-state index contributed by atoms with van der Waals surface area (Å²) in [7, 11) is 2.89. The predicted molar refractivity (Wildman–Crippen MR) is 69.3 cm³/mol. The fourth-order valence-corrected chi connectivity index (χ4v) is 2.11. The van der Waals surface area contributed by atoms with Crippen molar-refractivity contribution < 1.29 is 19.0 Å². The molecule has 1 aliphatic heterocycles. The van der Waals surface area contributed by atoms with Crippen LogP contribution in [-0.2, 0) is 27.4 Å². The van der Waals surface area contributed by atoms with Gasteiger partial charge in [-0.1, -0.05) is 5.21 Å². The third-order valence-electron chi connectivity index (χ3n) is 3.23. The summed E-state index contributed by atoms with van der Waals surface area (Å²) in [6.45, 7) is 5.12. The first-order valence-corrected chi connectivity index (χ1v) is 6.56. The highest BCUT2D eigenvalue weighted by Gasteiger charge is 2.20. The Kier molecular flexibility index (Phi) is 5.45. The fourth-order valence-electron chi connectivity index (χ4n) is 2.11. The summed E-state index contributed by atoms with van der Waals surface area (Å²) >= 11 is 0. The summed E-state index contributed by atoms with van der Waals surface area (Å²) in [5.41, 5.74) is 0.865. The van der Waals surface area contributed by atoms with Crippen molar-refractivity contribution in [3.8, 4) is 0 Å². The number of carbonyl (C=O) groups excluding carboxylic acids is 1. The Morgan fingerprint density at radius 3 is 2.70 bits per heavy atom. The molecule has 0 radical (unpaired) electrons. The highest BCUT2D eigenvalue weighted by Crippen LogP contribution is 2.09. The molecule has 0 amide bonds. The molecule has 112 valence electrons. The highest BCUT2D eigenvalue weighted by atomic mass is 16.5. The molecule has 1 aromatic heterocycles. The molecule has 0 aliphatic carbocycles. The lowest BCUT2D eigenvalue weighted by Crippen LogP contribution is -2.38. The molecule has 1 aromatic rings. The van der Waals surface area contributed by atoms with Crippen molar-refractivity contribution >= 4 is 5.97 Å². The number of methoxy groups -OCH3 is 2. The highest BCUT2D eigenvalue weighted by molar-refractivity contribution is 5.88. The second-order valence-corrected chi connectivity index (χ2v) is 4.49. The van der Waals surface area contributed by atoms with Crippen molar-refractivity contribution in [3.05, 3.63) is 11.4 Å². The van der Waals surface area contributed by atoms with Gasteiger partial charge in [-0.05, 0) is 0 Å². The van der Waals surface area contributed by atoms with Crippen molar-refractivity contribution in [1.29, 1.82) is 0 Å². The van der Waals surface area contributed by atoms with Gasteiger partial charge in [-0.15, -0.1) is 5.10 Å². The Labute approximate surface area is 117 Å². The van der Waals surface area contributed by atoms with E-state index in [1.807, 2.05) is 0 Å². The maximum absolute atomic E-state index is 11.6. The number of rotatable bonds is 6. The smallest absolute Gasteiger partial charge is 0.360 e. The van der Waals surface area contributed by atoms with Crippen LogP contribution in [-0.4, -0.2) is 72.9 Å². The number of hydrogen-bond acceptors (Lipinski definition) is 7. The third-order valence-corrected chi connectivity index (χ3v) is 3.23. The van der Waals surface area contributed by atoms with Gasteiger partial charge in [0.15, 0.2) is 5.69 Å². The molecular weight excluding hydrogens is 264 g/mol. The number of aromatic nitrogens is 3. The molecule has 0 unspecified atom stereocenters. The van der Waals surface area contributed by atoms with Crippen molar-refractivity contribution in [2.75, 3.05) is 47.1 Å². The largest absolute Gasteiger partial charge is 0.464 e. The van der Waals surface area contributed by atoms with Gasteiger partial charge in [0.1, 0.15) is 0 Å². The van der Waals surface area contributed by atoms with E-state index in [2.05, 4.69) is 15.2 Å². The predicted octanol–water partition coefficient (Wildman–Crippen LogP) is -0.457. The molecule has 0 aromatic carbocycles. The van der Waals surface area contributed by atoms with Crippen LogP contribution >= 0.6 is 0 Å². The van der Waals surface area contributed by atoms with E-state index < -0.39 is 5.97 Å². The minimum Gasteiger partial charge on any atom is -0.464 e. The van der Waals surface area contributed by atoms with Crippen LogP contribution in [0, 0.1) is 0 Å². The normalized spacial score (nSPS) is 16.3. The summed E-state index contributed by atoms with van der Waals surface area (Å²) in [5, 5.41) is 7.90. The molecule has 1 saturated heterocycles. The van der Waals surface area contributed by atoms with E-state index in [0.717, 1.165) is 32.8 Å². The third kappa shape index (κ3) is 3.53. The van der Waals surface area contributed by atoms with Gasteiger partial charge in [0.25, 0.3) is 0 Å². The Morgan fingerprint density at radius 1 is 1.30 bits per heavy atom. The molecule has 2 heterocycles. The number of nitrogens with zero attached hydrogens (tertiary/aromatic N) is 4. The van der Waals surface area contributed by atoms with E-state index >= 15 is 0 Å². The first kappa shape index (κ1) is 14.9. The lowest BCUT2D eigenvalue weighted by Gasteiger charge is -2.26. The maximum Gasteiger partial charge on any atom is 0.360 e. The molecule has 0 N–H and O–H groups in total. The van der Waals surface area contributed by atoms with E-state index in [4.69, 9.17) is 14.2 Å². The van der Waals surface area contributed by atoms with Gasteiger partial charge >= 0.3 is 5.97 Å². The van der Waals surface area contributed by atoms with Gasteiger partial charge in [-0.3, -0.25) is 4.90 Å². The van der Waals surface area contributed by atoms with Gasteiger partial charge in [0.05, 0.1) is 39.2 Å². The quantitative estimate of drug-likeness (QED) is 0.654. The van der Waals surface area contributed by atoms with Crippen molar-refractivity contribution in [2.24, 2.45) is 0 Å². The van der Waals surface area contributed by atoms with Crippen LogP contribution < -0.4 is 0 Å². The number of hydrogen-bond donors (Lipinski definition) is 0. The standard InChI is InChI=1S/C12H20N4O4/c1-18-9-10-11(12(17)19-2)13-14-16(10)4-3-15-5-7-20-8-6-15/h3-9H2,1-2H3. The van der Waals surface area contributed by atoms with E-state index in [-0.39, 0.29) is 12.3 Å². The van der Waals surface area contributed by atoms with E-state index in [9.17, 15) is 4.79 Å². The number of esters is 1. The second-order valence-electron chi connectivity index (χ2n) is 4.49. The van der Waals surface area contributed by atoms with Crippen molar-refractivity contribution in [3.63, 3.8) is 0 Å². The molecule has 0 bridgehead atoms. The SMILES string of the molecule is COCc1c(C(=O)OC)nnn1CCN1CCOCC1. The Balaban J connectivity index is 2.02. The first-order chi connectivity index (χ1) is 9.76. The van der Waals surface area contributed by atoms with E-state index in [1.54, 1.807) is 11.8 Å². The minimum absolute atomic E-state index is 0.219. The average molecular weight is 284 g/mol. The zero-order chi connectivity index (χ0) is 14.4. The summed E-state index contributed by atoms with van der Waals surface area (Å²) < 4.78 is 16.8. The van der Waals surface area contributed by atoms with Crippen LogP contribution in [0.25, 0.3) is 0 Å². The molecule has 0 atom stereocenters. The van der Waals surface area contributed by atoms with Gasteiger partial charge in [0, 0.05) is 26.7 Å². The topological polar surface area (TPSA) is 78.7 Å². The molecule has 8 nitrogen and oxygen atoms in total. The first-order valence-electron chi connectivity index (χ1n) is 6.56. The van der Waals surface area contributed by atoms with Crippen LogP contribution in [0.5, 0.6) is 0 Å². The molecule has 20 heavy (non-hydrogen) atoms. The average Bonchev–Trinajstić information content (AvgIpc) is 2.89. The lowest BCUT2D eigenvalue weighted by molar-refractivity contribution is 0.0356. The fraction of sp³-hybridized carbons (Fsp3) is 0.750. The zero-order valence-corrected chi connectivity index (χ0v) is 11.9. The van der Waals surface area contributed by atoms with Crippen LogP contribution in [0.2, 0.25) is 0 Å². The van der Waals surface area contributed by atoms with E-state index in [0.29, 0.717) is 12.2 Å². The monoisotopic (exact) mass is 284 g/mol. The van der Waals surface area contributed by atoms with Crippen LogP contribution in [0.15, 0.2) is 0 Å². The number of morpholine rings is 1. The van der Waals surface area contributed by atoms with Crippen LogP contribution in [0.1, 0.15) is 16.2 Å². The lowest BCUT2D eigenvalue weighted by atomic mass is 10.3. The molecule has 8 heteroatoms.